The van der Waals surface area contributed by atoms with Crippen LogP contribution in [0.1, 0.15) is 29.5 Å². The van der Waals surface area contributed by atoms with E-state index in [0.29, 0.717) is 12.4 Å². The van der Waals surface area contributed by atoms with Gasteiger partial charge in [0, 0.05) is 56.8 Å². The van der Waals surface area contributed by atoms with Crippen molar-refractivity contribution >= 4 is 23.1 Å². The van der Waals surface area contributed by atoms with Gasteiger partial charge in [-0.1, -0.05) is 43.0 Å². The molecular formula is C32H40N6O. The van der Waals surface area contributed by atoms with E-state index in [1.54, 1.807) is 0 Å². The number of pyridine rings is 1. The van der Waals surface area contributed by atoms with E-state index < -0.39 is 0 Å². The van der Waals surface area contributed by atoms with Crippen LogP contribution in [0.4, 0.5) is 11.4 Å². The number of hydrogen-bond acceptors (Lipinski definition) is 5. The van der Waals surface area contributed by atoms with Gasteiger partial charge in [0.2, 0.25) is 5.91 Å². The van der Waals surface area contributed by atoms with Crippen LogP contribution in [-0.2, 0) is 11.3 Å². The number of anilines is 2. The largest absolute Gasteiger partial charge is 0.372 e. The molecule has 204 valence electrons. The highest BCUT2D eigenvalue weighted by atomic mass is 16.2. The number of carbonyl (C=O) groups excluding carboxylic acids is 1. The molecule has 3 aromatic rings. The summed E-state index contributed by atoms with van der Waals surface area (Å²) in [7, 11) is 0. The van der Waals surface area contributed by atoms with Gasteiger partial charge in [0.05, 0.1) is 13.1 Å². The number of amides is 1. The standard InChI is InChI=1S/C32H40N6O/c1-25-9-8-10-26(2)32(25)37-21-19-36(20-22-37)31(39)24-33-27(3)38-18-5-4-11-30(38)34-23-28-12-14-29(15-13-28)35-16-6-7-17-35/h4-5,8-15,18,33H,3,6-7,16-17,19-24H2,1-2H3. The topological polar surface area (TPSA) is 56.1 Å². The molecule has 0 radical (unpaired) electrons. The van der Waals surface area contributed by atoms with Gasteiger partial charge in [-0.15, -0.1) is 0 Å². The minimum Gasteiger partial charge on any atom is -0.372 e. The van der Waals surface area contributed by atoms with E-state index in [1.165, 1.54) is 40.9 Å². The molecule has 0 unspecified atom stereocenters. The van der Waals surface area contributed by atoms with E-state index in [1.807, 2.05) is 33.9 Å². The summed E-state index contributed by atoms with van der Waals surface area (Å²) >= 11 is 0. The summed E-state index contributed by atoms with van der Waals surface area (Å²) in [6.07, 6.45) is 4.48. The molecule has 2 aromatic carbocycles. The zero-order valence-electron chi connectivity index (χ0n) is 23.3. The SMILES string of the molecule is C=C(NCC(=O)N1CCN(c2c(C)cccc2C)CC1)n1ccccc1=NCc1ccc(N2CCCC2)cc1. The Hall–Kier alpha value is -4.00. The van der Waals surface area contributed by atoms with Crippen molar-refractivity contribution in [3.63, 3.8) is 0 Å². The van der Waals surface area contributed by atoms with Crippen LogP contribution in [0.5, 0.6) is 0 Å². The normalized spacial score (nSPS) is 16.1. The van der Waals surface area contributed by atoms with E-state index in [2.05, 4.69) is 78.0 Å². The number of carbonyl (C=O) groups is 1. The third-order valence-corrected chi connectivity index (χ3v) is 7.79. The molecular weight excluding hydrogens is 484 g/mol. The molecule has 0 atom stereocenters. The summed E-state index contributed by atoms with van der Waals surface area (Å²) in [4.78, 5) is 24.6. The van der Waals surface area contributed by atoms with Gasteiger partial charge < -0.3 is 20.0 Å². The molecule has 39 heavy (non-hydrogen) atoms. The van der Waals surface area contributed by atoms with E-state index in [4.69, 9.17) is 4.99 Å². The maximum Gasteiger partial charge on any atom is 0.242 e. The van der Waals surface area contributed by atoms with E-state index >= 15 is 0 Å². The average molecular weight is 525 g/mol. The monoisotopic (exact) mass is 524 g/mol. The first-order valence-electron chi connectivity index (χ1n) is 14.0. The van der Waals surface area contributed by atoms with E-state index in [9.17, 15) is 4.79 Å². The Kier molecular flexibility index (Phi) is 8.35. The van der Waals surface area contributed by atoms with Crippen molar-refractivity contribution in [2.45, 2.75) is 33.2 Å². The second-order valence-corrected chi connectivity index (χ2v) is 10.5. The van der Waals surface area contributed by atoms with Crippen LogP contribution in [0.25, 0.3) is 5.82 Å². The first-order chi connectivity index (χ1) is 19.0. The maximum atomic E-state index is 13.0. The Morgan fingerprint density at radius 1 is 0.846 bits per heavy atom. The first kappa shape index (κ1) is 26.6. The van der Waals surface area contributed by atoms with Crippen LogP contribution < -0.4 is 20.6 Å². The van der Waals surface area contributed by atoms with Gasteiger partial charge in [-0.25, -0.2) is 0 Å². The van der Waals surface area contributed by atoms with Gasteiger partial charge in [-0.05, 0) is 67.6 Å². The molecule has 2 saturated heterocycles. The average Bonchev–Trinajstić information content (AvgIpc) is 3.51. The Balaban J connectivity index is 1.15. The number of nitrogens with one attached hydrogen (secondary N) is 1. The number of hydrogen-bond donors (Lipinski definition) is 1. The van der Waals surface area contributed by atoms with Crippen molar-refractivity contribution in [1.29, 1.82) is 0 Å². The van der Waals surface area contributed by atoms with Crippen molar-refractivity contribution in [3.05, 3.63) is 95.6 Å². The molecule has 0 saturated carbocycles. The van der Waals surface area contributed by atoms with Crippen LogP contribution in [-0.4, -0.2) is 61.2 Å². The second-order valence-electron chi connectivity index (χ2n) is 10.5. The van der Waals surface area contributed by atoms with Gasteiger partial charge in [-0.2, -0.15) is 0 Å². The lowest BCUT2D eigenvalue weighted by atomic mass is 10.1. The fourth-order valence-corrected chi connectivity index (χ4v) is 5.61. The molecule has 0 aliphatic carbocycles. The number of aromatic nitrogens is 1. The third-order valence-electron chi connectivity index (χ3n) is 7.79. The highest BCUT2D eigenvalue weighted by molar-refractivity contribution is 5.79. The van der Waals surface area contributed by atoms with Gasteiger partial charge in [0.1, 0.15) is 11.3 Å². The van der Waals surface area contributed by atoms with Gasteiger partial charge >= 0.3 is 0 Å². The minimum absolute atomic E-state index is 0.0883. The lowest BCUT2D eigenvalue weighted by molar-refractivity contribution is -0.130. The molecule has 7 heteroatoms. The summed E-state index contributed by atoms with van der Waals surface area (Å²) in [5.74, 6) is 0.728. The van der Waals surface area contributed by atoms with E-state index in [0.717, 1.165) is 44.8 Å². The number of para-hydroxylation sites is 1. The molecule has 2 fully saturated rings. The minimum atomic E-state index is 0.0883. The van der Waals surface area contributed by atoms with Gasteiger partial charge in [-0.3, -0.25) is 14.4 Å². The van der Waals surface area contributed by atoms with Gasteiger partial charge in [0.15, 0.2) is 0 Å². The maximum absolute atomic E-state index is 13.0. The molecule has 0 spiro atoms. The van der Waals surface area contributed by atoms with Crippen LogP contribution in [0.3, 0.4) is 0 Å². The molecule has 1 aromatic heterocycles. The molecule has 1 N–H and O–H groups in total. The third kappa shape index (κ3) is 6.36. The zero-order valence-corrected chi connectivity index (χ0v) is 23.3. The van der Waals surface area contributed by atoms with Crippen LogP contribution in [0.2, 0.25) is 0 Å². The highest BCUT2D eigenvalue weighted by Gasteiger charge is 2.23. The predicted octanol–water partition coefficient (Wildman–Crippen LogP) is 4.17. The Bertz CT molecular complexity index is 1340. The highest BCUT2D eigenvalue weighted by Crippen LogP contribution is 2.25. The van der Waals surface area contributed by atoms with E-state index in [-0.39, 0.29) is 12.5 Å². The van der Waals surface area contributed by atoms with Crippen molar-refractivity contribution in [1.82, 2.24) is 14.8 Å². The molecule has 0 bridgehead atoms. The summed E-state index contributed by atoms with van der Waals surface area (Å²) in [5.41, 5.74) is 7.13. The van der Waals surface area contributed by atoms with Crippen LogP contribution in [0.15, 0.2) is 78.4 Å². The Labute approximate surface area is 232 Å². The quantitative estimate of drug-likeness (QED) is 0.481. The summed E-state index contributed by atoms with van der Waals surface area (Å²) in [6, 6.07) is 21.0. The Morgan fingerprint density at radius 3 is 2.23 bits per heavy atom. The molecule has 2 aliphatic heterocycles. The van der Waals surface area contributed by atoms with Crippen molar-refractivity contribution in [2.24, 2.45) is 4.99 Å². The predicted molar refractivity (Wildman–Crippen MR) is 160 cm³/mol. The molecule has 1 amide bonds. The van der Waals surface area contributed by atoms with Crippen molar-refractivity contribution < 1.29 is 4.79 Å². The molecule has 3 heterocycles. The summed E-state index contributed by atoms with van der Waals surface area (Å²) in [5, 5.41) is 3.23. The number of aryl methyl sites for hydroxylation is 2. The second kappa shape index (κ2) is 12.2. The lowest BCUT2D eigenvalue weighted by Crippen LogP contribution is -2.51. The van der Waals surface area contributed by atoms with Crippen LogP contribution >= 0.6 is 0 Å². The number of piperazine rings is 1. The number of rotatable bonds is 8. The first-order valence-corrected chi connectivity index (χ1v) is 14.0. The van der Waals surface area contributed by atoms with Crippen LogP contribution in [0, 0.1) is 13.8 Å². The smallest absolute Gasteiger partial charge is 0.242 e. The lowest BCUT2D eigenvalue weighted by Gasteiger charge is -2.37. The fourth-order valence-electron chi connectivity index (χ4n) is 5.61. The fraction of sp³-hybridized carbons (Fsp3) is 0.375. The Morgan fingerprint density at radius 2 is 1.54 bits per heavy atom. The number of benzene rings is 2. The zero-order chi connectivity index (χ0) is 27.2. The van der Waals surface area contributed by atoms with Crippen molar-refractivity contribution in [3.8, 4) is 0 Å². The molecule has 7 nitrogen and oxygen atoms in total. The summed E-state index contributed by atoms with van der Waals surface area (Å²) < 4.78 is 1.91. The van der Waals surface area contributed by atoms with Crippen molar-refractivity contribution in [2.75, 3.05) is 55.6 Å². The number of nitrogens with zero attached hydrogens (tertiary/aromatic N) is 5. The summed E-state index contributed by atoms with van der Waals surface area (Å²) in [6.45, 7) is 14.7. The van der Waals surface area contributed by atoms with Gasteiger partial charge in [0.25, 0.3) is 0 Å². The molecule has 5 rings (SSSR count). The molecule has 2 aliphatic rings.